The van der Waals surface area contributed by atoms with Crippen molar-refractivity contribution in [2.45, 2.75) is 52.9 Å². The van der Waals surface area contributed by atoms with E-state index in [0.29, 0.717) is 6.04 Å². The van der Waals surface area contributed by atoms with Crippen LogP contribution in [0.25, 0.3) is 0 Å². The van der Waals surface area contributed by atoms with Gasteiger partial charge in [0.2, 0.25) is 0 Å². The summed E-state index contributed by atoms with van der Waals surface area (Å²) < 4.78 is 0. The molecule has 1 aliphatic rings. The summed E-state index contributed by atoms with van der Waals surface area (Å²) in [6.07, 6.45) is 1.72. The predicted octanol–water partition coefficient (Wildman–Crippen LogP) is 1.28. The zero-order valence-electron chi connectivity index (χ0n) is 9.56. The van der Waals surface area contributed by atoms with Gasteiger partial charge in [-0.3, -0.25) is 9.69 Å². The molecule has 0 aromatic rings. The lowest BCUT2D eigenvalue weighted by molar-refractivity contribution is -0.129. The smallest absolute Gasteiger partial charge is 0.261 e. The molecule has 0 aliphatic carbocycles. The van der Waals surface area contributed by atoms with Crippen molar-refractivity contribution in [3.8, 4) is 0 Å². The summed E-state index contributed by atoms with van der Waals surface area (Å²) in [5, 5.41) is 5.65. The Balaban J connectivity index is 2.90. The highest BCUT2D eigenvalue weighted by atomic mass is 16.2. The van der Waals surface area contributed by atoms with Crippen LogP contribution in [0.15, 0.2) is 5.10 Å². The molecule has 4 nitrogen and oxygen atoms in total. The van der Waals surface area contributed by atoms with Crippen molar-refractivity contribution in [1.82, 2.24) is 9.91 Å². The molecule has 0 spiro atoms. The fourth-order valence-corrected chi connectivity index (χ4v) is 2.11. The lowest BCUT2D eigenvalue weighted by Gasteiger charge is -2.28. The van der Waals surface area contributed by atoms with Crippen LogP contribution in [0.2, 0.25) is 0 Å². The number of carbonyl (C=O) groups is 1. The molecule has 0 saturated carbocycles. The lowest BCUT2D eigenvalue weighted by Crippen LogP contribution is -2.41. The van der Waals surface area contributed by atoms with Gasteiger partial charge in [-0.25, -0.2) is 5.01 Å². The molecule has 1 amide bonds. The van der Waals surface area contributed by atoms with Gasteiger partial charge in [0, 0.05) is 12.3 Å². The van der Waals surface area contributed by atoms with Crippen LogP contribution < -0.4 is 0 Å². The first-order chi connectivity index (χ1) is 6.50. The Hall–Kier alpha value is -0.900. The van der Waals surface area contributed by atoms with Gasteiger partial charge in [-0.2, -0.15) is 5.10 Å². The summed E-state index contributed by atoms with van der Waals surface area (Å²) >= 11 is 0. The molecule has 0 bridgehead atoms. The lowest BCUT2D eigenvalue weighted by atomic mass is 10.2. The highest BCUT2D eigenvalue weighted by molar-refractivity contribution is 5.84. The Morgan fingerprint density at radius 3 is 2.36 bits per heavy atom. The summed E-state index contributed by atoms with van der Waals surface area (Å²) in [7, 11) is 0. The normalized spacial score (nSPS) is 29.9. The van der Waals surface area contributed by atoms with Gasteiger partial charge in [0.15, 0.2) is 0 Å². The third kappa shape index (κ3) is 1.66. The van der Waals surface area contributed by atoms with Crippen LogP contribution in [-0.4, -0.2) is 40.3 Å². The van der Waals surface area contributed by atoms with Crippen molar-refractivity contribution >= 4 is 12.1 Å². The van der Waals surface area contributed by atoms with Crippen molar-refractivity contribution in [2.24, 2.45) is 5.10 Å². The van der Waals surface area contributed by atoms with E-state index >= 15 is 0 Å². The molecule has 0 radical (unpaired) electrons. The van der Waals surface area contributed by atoms with Crippen LogP contribution in [0.3, 0.4) is 0 Å². The van der Waals surface area contributed by atoms with Gasteiger partial charge in [0.05, 0.1) is 6.04 Å². The second-order valence-electron chi connectivity index (χ2n) is 3.91. The Morgan fingerprint density at radius 2 is 2.00 bits per heavy atom. The standard InChI is InChI=1S/C10H19N3O/c1-6-11-13-9(5)12(7(2)3)8(4)10(13)14/h6-9H,1-5H3/b11-6+. The quantitative estimate of drug-likeness (QED) is 0.625. The molecule has 1 heterocycles. The Bertz CT molecular complexity index is 250. The molecule has 80 valence electrons. The van der Waals surface area contributed by atoms with E-state index < -0.39 is 0 Å². The SMILES string of the molecule is C/C=N/N1C(=O)C(C)N(C(C)C)C1C. The molecule has 4 heteroatoms. The molecule has 0 N–H and O–H groups in total. The highest BCUT2D eigenvalue weighted by Gasteiger charge is 2.42. The van der Waals surface area contributed by atoms with E-state index in [4.69, 9.17) is 0 Å². The first kappa shape index (κ1) is 11.2. The average molecular weight is 197 g/mol. The van der Waals surface area contributed by atoms with E-state index in [1.54, 1.807) is 11.2 Å². The maximum Gasteiger partial charge on any atom is 0.261 e. The van der Waals surface area contributed by atoms with Crippen LogP contribution in [0, 0.1) is 0 Å². The van der Waals surface area contributed by atoms with E-state index in [9.17, 15) is 4.79 Å². The van der Waals surface area contributed by atoms with Gasteiger partial charge >= 0.3 is 0 Å². The number of nitrogens with zero attached hydrogens (tertiary/aromatic N) is 3. The fraction of sp³-hybridized carbons (Fsp3) is 0.800. The largest absolute Gasteiger partial charge is 0.271 e. The number of hydrogen-bond acceptors (Lipinski definition) is 3. The summed E-state index contributed by atoms with van der Waals surface area (Å²) in [5.41, 5.74) is 0. The van der Waals surface area contributed by atoms with E-state index in [1.165, 1.54) is 0 Å². The van der Waals surface area contributed by atoms with E-state index in [2.05, 4.69) is 23.8 Å². The maximum atomic E-state index is 11.8. The Kier molecular flexibility index (Phi) is 3.26. The van der Waals surface area contributed by atoms with E-state index in [-0.39, 0.29) is 18.1 Å². The molecule has 1 aliphatic heterocycles. The second kappa shape index (κ2) is 4.09. The number of hydrazone groups is 1. The minimum Gasteiger partial charge on any atom is -0.271 e. The zero-order valence-corrected chi connectivity index (χ0v) is 9.56. The number of carbonyl (C=O) groups excluding carboxylic acids is 1. The van der Waals surface area contributed by atoms with Crippen molar-refractivity contribution in [2.75, 3.05) is 0 Å². The number of amides is 1. The van der Waals surface area contributed by atoms with E-state index in [0.717, 1.165) is 0 Å². The monoisotopic (exact) mass is 197 g/mol. The van der Waals surface area contributed by atoms with Crippen molar-refractivity contribution in [1.29, 1.82) is 0 Å². The number of rotatable bonds is 2. The molecule has 1 fully saturated rings. The molecule has 2 atom stereocenters. The van der Waals surface area contributed by atoms with Crippen LogP contribution in [0.4, 0.5) is 0 Å². The third-order valence-electron chi connectivity index (χ3n) is 2.65. The van der Waals surface area contributed by atoms with Crippen LogP contribution >= 0.6 is 0 Å². The summed E-state index contributed by atoms with van der Waals surface area (Å²) in [5.74, 6) is 0.0873. The minimum absolute atomic E-state index is 0.0614. The van der Waals surface area contributed by atoms with Crippen LogP contribution in [-0.2, 0) is 4.79 Å². The Morgan fingerprint density at radius 1 is 1.43 bits per heavy atom. The third-order valence-corrected chi connectivity index (χ3v) is 2.65. The first-order valence-electron chi connectivity index (χ1n) is 5.09. The summed E-state index contributed by atoms with van der Waals surface area (Å²) in [6.45, 7) is 9.96. The van der Waals surface area contributed by atoms with Gasteiger partial charge in [-0.1, -0.05) is 0 Å². The van der Waals surface area contributed by atoms with Gasteiger partial charge in [-0.05, 0) is 34.6 Å². The second-order valence-corrected chi connectivity index (χ2v) is 3.91. The maximum absolute atomic E-state index is 11.8. The van der Waals surface area contributed by atoms with Crippen LogP contribution in [0.5, 0.6) is 0 Å². The first-order valence-corrected chi connectivity index (χ1v) is 5.09. The highest BCUT2D eigenvalue weighted by Crippen LogP contribution is 2.24. The van der Waals surface area contributed by atoms with Crippen LogP contribution in [0.1, 0.15) is 34.6 Å². The molecular weight excluding hydrogens is 178 g/mol. The van der Waals surface area contributed by atoms with Crippen molar-refractivity contribution in [3.63, 3.8) is 0 Å². The van der Waals surface area contributed by atoms with Gasteiger partial charge in [-0.15, -0.1) is 0 Å². The minimum atomic E-state index is -0.0614. The van der Waals surface area contributed by atoms with Gasteiger partial charge in [0.25, 0.3) is 5.91 Å². The van der Waals surface area contributed by atoms with Gasteiger partial charge < -0.3 is 0 Å². The molecule has 14 heavy (non-hydrogen) atoms. The van der Waals surface area contributed by atoms with Crippen molar-refractivity contribution < 1.29 is 4.79 Å². The summed E-state index contributed by atoms with van der Waals surface area (Å²) in [4.78, 5) is 14.0. The fourth-order valence-electron chi connectivity index (χ4n) is 2.11. The molecule has 0 aromatic heterocycles. The summed E-state index contributed by atoms with van der Waals surface area (Å²) in [6, 6.07) is 0.301. The molecule has 1 saturated heterocycles. The topological polar surface area (TPSA) is 35.9 Å². The molecule has 1 rings (SSSR count). The molecule has 2 unspecified atom stereocenters. The molecular formula is C10H19N3O. The predicted molar refractivity (Wildman–Crippen MR) is 56.9 cm³/mol. The van der Waals surface area contributed by atoms with Crippen molar-refractivity contribution in [3.05, 3.63) is 0 Å². The van der Waals surface area contributed by atoms with Gasteiger partial charge in [0.1, 0.15) is 6.17 Å². The average Bonchev–Trinajstić information content (AvgIpc) is 2.30. The van der Waals surface area contributed by atoms with E-state index in [1.807, 2.05) is 20.8 Å². The Labute approximate surface area is 85.6 Å². The molecule has 0 aromatic carbocycles. The number of hydrogen-bond donors (Lipinski definition) is 0. The zero-order chi connectivity index (χ0) is 10.9.